The van der Waals surface area contributed by atoms with Crippen molar-refractivity contribution in [2.45, 2.75) is 44.6 Å². The van der Waals surface area contributed by atoms with Gasteiger partial charge in [-0.05, 0) is 30.5 Å². The molecular weight excluding hydrogens is 387 g/mol. The molecule has 164 valence electrons. The Bertz CT molecular complexity index is 762. The van der Waals surface area contributed by atoms with Gasteiger partial charge in [-0.3, -0.25) is 14.5 Å². The van der Waals surface area contributed by atoms with Gasteiger partial charge in [-0.2, -0.15) is 0 Å². The molecule has 0 spiro atoms. The lowest BCUT2D eigenvalue weighted by Crippen LogP contribution is -2.43. The first-order valence-corrected chi connectivity index (χ1v) is 10.7. The molecule has 1 heterocycles. The molecule has 1 aromatic rings. The SMILES string of the molecule is COCCN(CCOC)C1=C(c2ccc(F)cc2)C(=O)N(C2CCCCCC2)C1=O. The van der Waals surface area contributed by atoms with Gasteiger partial charge in [0, 0.05) is 33.4 Å². The molecule has 1 fully saturated rings. The zero-order valence-electron chi connectivity index (χ0n) is 17.9. The van der Waals surface area contributed by atoms with E-state index in [0.717, 1.165) is 38.5 Å². The molecule has 0 N–H and O–H groups in total. The number of halogens is 1. The van der Waals surface area contributed by atoms with Crippen LogP contribution in [0.4, 0.5) is 4.39 Å². The summed E-state index contributed by atoms with van der Waals surface area (Å²) in [5.74, 6) is -0.930. The van der Waals surface area contributed by atoms with Crippen LogP contribution in [0.25, 0.3) is 5.57 Å². The third-order valence-electron chi connectivity index (χ3n) is 5.86. The summed E-state index contributed by atoms with van der Waals surface area (Å²) in [6, 6.07) is 5.68. The molecule has 1 saturated carbocycles. The van der Waals surface area contributed by atoms with Gasteiger partial charge in [-0.1, -0.05) is 37.8 Å². The molecule has 30 heavy (non-hydrogen) atoms. The van der Waals surface area contributed by atoms with Gasteiger partial charge in [0.1, 0.15) is 11.5 Å². The van der Waals surface area contributed by atoms with Gasteiger partial charge in [0.2, 0.25) is 0 Å². The van der Waals surface area contributed by atoms with Gasteiger partial charge in [0.05, 0.1) is 18.8 Å². The third kappa shape index (κ3) is 4.90. The molecule has 1 aromatic carbocycles. The summed E-state index contributed by atoms with van der Waals surface area (Å²) < 4.78 is 24.0. The number of imide groups is 1. The number of hydrogen-bond acceptors (Lipinski definition) is 5. The monoisotopic (exact) mass is 418 g/mol. The molecule has 1 aliphatic heterocycles. The number of benzene rings is 1. The van der Waals surface area contributed by atoms with E-state index in [1.165, 1.54) is 17.0 Å². The van der Waals surface area contributed by atoms with Gasteiger partial charge in [-0.15, -0.1) is 0 Å². The predicted molar refractivity (Wildman–Crippen MR) is 112 cm³/mol. The Labute approximate surface area is 177 Å². The van der Waals surface area contributed by atoms with Crippen LogP contribution in [0, 0.1) is 5.82 Å². The van der Waals surface area contributed by atoms with E-state index in [9.17, 15) is 14.0 Å². The van der Waals surface area contributed by atoms with E-state index in [1.807, 2.05) is 4.90 Å². The van der Waals surface area contributed by atoms with Gasteiger partial charge in [0.25, 0.3) is 11.8 Å². The lowest BCUT2D eigenvalue weighted by atomic mass is 10.0. The van der Waals surface area contributed by atoms with Crippen molar-refractivity contribution in [3.63, 3.8) is 0 Å². The lowest BCUT2D eigenvalue weighted by Gasteiger charge is -2.28. The van der Waals surface area contributed by atoms with Crippen molar-refractivity contribution >= 4 is 17.4 Å². The van der Waals surface area contributed by atoms with E-state index in [2.05, 4.69) is 0 Å². The molecule has 0 unspecified atom stereocenters. The normalized spacial score (nSPS) is 18.3. The van der Waals surface area contributed by atoms with Crippen LogP contribution in [0.2, 0.25) is 0 Å². The molecule has 0 radical (unpaired) electrons. The van der Waals surface area contributed by atoms with Crippen molar-refractivity contribution in [1.29, 1.82) is 0 Å². The van der Waals surface area contributed by atoms with Crippen molar-refractivity contribution in [3.8, 4) is 0 Å². The van der Waals surface area contributed by atoms with Crippen LogP contribution in [0.3, 0.4) is 0 Å². The lowest BCUT2D eigenvalue weighted by molar-refractivity contribution is -0.140. The summed E-state index contributed by atoms with van der Waals surface area (Å²) >= 11 is 0. The van der Waals surface area contributed by atoms with Crippen LogP contribution in [0.1, 0.15) is 44.1 Å². The molecule has 6 nitrogen and oxygen atoms in total. The fraction of sp³-hybridized carbons (Fsp3) is 0.565. The maximum atomic E-state index is 13.6. The maximum Gasteiger partial charge on any atom is 0.278 e. The summed E-state index contributed by atoms with van der Waals surface area (Å²) in [6.07, 6.45) is 5.95. The molecule has 0 saturated heterocycles. The standard InChI is InChI=1S/C23H31FN2O4/c1-29-15-13-25(14-16-30-2)21-20(17-9-11-18(24)12-10-17)22(27)26(23(21)28)19-7-5-3-4-6-8-19/h9-12,19H,3-8,13-16H2,1-2H3. The summed E-state index contributed by atoms with van der Waals surface area (Å²) in [7, 11) is 3.20. The largest absolute Gasteiger partial charge is 0.383 e. The highest BCUT2D eigenvalue weighted by Gasteiger charge is 2.44. The van der Waals surface area contributed by atoms with Gasteiger partial charge in [0.15, 0.2) is 0 Å². The Morgan fingerprint density at radius 2 is 1.50 bits per heavy atom. The second-order valence-corrected chi connectivity index (χ2v) is 7.83. The van der Waals surface area contributed by atoms with E-state index in [-0.39, 0.29) is 23.7 Å². The van der Waals surface area contributed by atoms with Gasteiger partial charge < -0.3 is 14.4 Å². The predicted octanol–water partition coefficient (Wildman–Crippen LogP) is 3.22. The molecule has 0 aromatic heterocycles. The Kier molecular flexibility index (Phi) is 7.99. The Morgan fingerprint density at radius 1 is 0.933 bits per heavy atom. The fourth-order valence-corrected chi connectivity index (χ4v) is 4.29. The van der Waals surface area contributed by atoms with Gasteiger partial charge in [-0.25, -0.2) is 4.39 Å². The van der Waals surface area contributed by atoms with E-state index in [1.54, 1.807) is 26.4 Å². The second kappa shape index (κ2) is 10.7. The van der Waals surface area contributed by atoms with Crippen LogP contribution >= 0.6 is 0 Å². The third-order valence-corrected chi connectivity index (χ3v) is 5.86. The minimum atomic E-state index is -0.381. The molecule has 7 heteroatoms. The van der Waals surface area contributed by atoms with Crippen molar-refractivity contribution in [3.05, 3.63) is 41.3 Å². The summed E-state index contributed by atoms with van der Waals surface area (Å²) in [5, 5.41) is 0. The van der Waals surface area contributed by atoms with E-state index < -0.39 is 0 Å². The highest BCUT2D eigenvalue weighted by atomic mass is 19.1. The zero-order valence-corrected chi connectivity index (χ0v) is 17.9. The summed E-state index contributed by atoms with van der Waals surface area (Å²) in [6.45, 7) is 1.73. The van der Waals surface area contributed by atoms with Crippen LogP contribution in [0.5, 0.6) is 0 Å². The Balaban J connectivity index is 2.03. The highest BCUT2D eigenvalue weighted by molar-refractivity contribution is 6.35. The van der Waals surface area contributed by atoms with Crippen LogP contribution in [0.15, 0.2) is 30.0 Å². The number of rotatable bonds is 9. The molecular formula is C23H31FN2O4. The molecule has 1 aliphatic carbocycles. The molecule has 0 atom stereocenters. The molecule has 0 bridgehead atoms. The number of methoxy groups -OCH3 is 2. The first-order chi connectivity index (χ1) is 14.6. The topological polar surface area (TPSA) is 59.1 Å². The minimum Gasteiger partial charge on any atom is -0.383 e. The second-order valence-electron chi connectivity index (χ2n) is 7.83. The number of nitrogens with zero attached hydrogens (tertiary/aromatic N) is 2. The quantitative estimate of drug-likeness (QED) is 0.455. The number of carbonyl (C=O) groups excluding carboxylic acids is 2. The zero-order chi connectivity index (χ0) is 21.5. The van der Waals surface area contributed by atoms with Crippen molar-refractivity contribution in [2.75, 3.05) is 40.5 Å². The first-order valence-electron chi connectivity index (χ1n) is 10.7. The van der Waals surface area contributed by atoms with Crippen molar-refractivity contribution < 1.29 is 23.5 Å². The Morgan fingerprint density at radius 3 is 2.03 bits per heavy atom. The smallest absolute Gasteiger partial charge is 0.278 e. The Hall–Kier alpha value is -2.25. The van der Waals surface area contributed by atoms with E-state index in [4.69, 9.17) is 9.47 Å². The number of amides is 2. The van der Waals surface area contributed by atoms with E-state index in [0.29, 0.717) is 43.1 Å². The van der Waals surface area contributed by atoms with Crippen LogP contribution in [-0.4, -0.2) is 68.2 Å². The summed E-state index contributed by atoms with van der Waals surface area (Å²) in [4.78, 5) is 30.4. The van der Waals surface area contributed by atoms with Crippen LogP contribution < -0.4 is 0 Å². The first kappa shape index (κ1) is 22.4. The number of ether oxygens (including phenoxy) is 2. The van der Waals surface area contributed by atoms with Gasteiger partial charge >= 0.3 is 0 Å². The molecule has 2 aliphatic rings. The van der Waals surface area contributed by atoms with Crippen molar-refractivity contribution in [2.24, 2.45) is 0 Å². The fourth-order valence-electron chi connectivity index (χ4n) is 4.29. The van der Waals surface area contributed by atoms with E-state index >= 15 is 0 Å². The number of carbonyl (C=O) groups is 2. The minimum absolute atomic E-state index is 0.0906. The molecule has 3 rings (SSSR count). The highest BCUT2D eigenvalue weighted by Crippen LogP contribution is 2.35. The number of hydrogen-bond donors (Lipinski definition) is 0. The summed E-state index contributed by atoms with van der Waals surface area (Å²) in [5.41, 5.74) is 1.27. The maximum absolute atomic E-state index is 13.6. The van der Waals surface area contributed by atoms with Crippen LogP contribution in [-0.2, 0) is 19.1 Å². The molecule has 2 amide bonds. The van der Waals surface area contributed by atoms with Crippen molar-refractivity contribution in [1.82, 2.24) is 9.80 Å². The average Bonchev–Trinajstić information content (AvgIpc) is 2.91. The average molecular weight is 419 g/mol.